The van der Waals surface area contributed by atoms with Gasteiger partial charge in [-0.05, 0) is 54.5 Å². The fourth-order valence-electron chi connectivity index (χ4n) is 4.14. The number of likely N-dealkylation sites (tertiary alicyclic amines) is 1. The number of nitrogens with two attached hydrogens (primary N) is 1. The van der Waals surface area contributed by atoms with Gasteiger partial charge >= 0.3 is 0 Å². The third kappa shape index (κ3) is 6.07. The molecule has 0 atom stereocenters. The van der Waals surface area contributed by atoms with E-state index in [4.69, 9.17) is 16.6 Å². The van der Waals surface area contributed by atoms with E-state index in [1.807, 2.05) is 41.3 Å². The lowest BCUT2D eigenvalue weighted by atomic mass is 9.95. The Kier molecular flexibility index (Phi) is 8.36. The first kappa shape index (κ1) is 23.7. The van der Waals surface area contributed by atoms with Crippen molar-refractivity contribution in [1.29, 1.82) is 16.1 Å². The van der Waals surface area contributed by atoms with Crippen LogP contribution in [0.2, 0.25) is 0 Å². The first-order valence-electron chi connectivity index (χ1n) is 11.2. The van der Waals surface area contributed by atoms with Crippen LogP contribution in [0.4, 0.5) is 5.69 Å². The average molecular weight is 443 g/mol. The molecule has 0 unspecified atom stereocenters. The van der Waals surface area contributed by atoms with Crippen LogP contribution in [0.15, 0.2) is 48.7 Å². The van der Waals surface area contributed by atoms with Gasteiger partial charge in [0.1, 0.15) is 0 Å². The normalized spacial score (nSPS) is 14.4. The summed E-state index contributed by atoms with van der Waals surface area (Å²) in [5, 5.41) is 27.8. The van der Waals surface area contributed by atoms with Gasteiger partial charge in [0.2, 0.25) is 5.91 Å². The number of carbonyl (C=O) groups is 1. The molecule has 2 aromatic carbocycles. The van der Waals surface area contributed by atoms with Crippen molar-refractivity contribution in [3.8, 4) is 6.07 Å². The fraction of sp³-hybridized carbons (Fsp3) is 0.308. The summed E-state index contributed by atoms with van der Waals surface area (Å²) < 4.78 is 0. The number of nitrogens with zero attached hydrogens (tertiary/aromatic N) is 2. The fourth-order valence-corrected chi connectivity index (χ4v) is 4.14. The quantitative estimate of drug-likeness (QED) is 0.440. The molecule has 33 heavy (non-hydrogen) atoms. The second kappa shape index (κ2) is 11.6. The smallest absolute Gasteiger partial charge is 0.222 e. The van der Waals surface area contributed by atoms with Crippen molar-refractivity contribution in [2.45, 2.75) is 25.7 Å². The Morgan fingerprint density at radius 2 is 1.97 bits per heavy atom. The minimum atomic E-state index is 0.144. The van der Waals surface area contributed by atoms with Crippen LogP contribution in [0.5, 0.6) is 0 Å². The number of nitriles is 1. The molecule has 0 bridgehead atoms. The average Bonchev–Trinajstić information content (AvgIpc) is 2.87. The highest BCUT2D eigenvalue weighted by Gasteiger charge is 2.23. The lowest BCUT2D eigenvalue weighted by Crippen LogP contribution is -2.40. The standard InChI is InChI=1S/C26H30N6O/c27-14-22-4-2-1-3-20(22)6-8-26(33)32-11-9-19(10-12-32)18-31-25-7-5-21(13-23(25)15-28)24(16-29)17-30/h1-5,7,13,15-17,19,28-29,31H,6,8-12,18,30H2/b24-17+,28-15?,29-16?. The molecular weight excluding hydrogens is 412 g/mol. The van der Waals surface area contributed by atoms with Gasteiger partial charge in [-0.25, -0.2) is 0 Å². The van der Waals surface area contributed by atoms with Crippen molar-refractivity contribution in [3.63, 3.8) is 0 Å². The number of benzene rings is 2. The molecular formula is C26H30N6O. The van der Waals surface area contributed by atoms with Gasteiger partial charge in [-0.3, -0.25) is 4.79 Å². The maximum absolute atomic E-state index is 12.7. The van der Waals surface area contributed by atoms with E-state index in [-0.39, 0.29) is 5.91 Å². The number of piperidine rings is 1. The minimum absolute atomic E-state index is 0.144. The van der Waals surface area contributed by atoms with E-state index in [0.29, 0.717) is 29.9 Å². The highest BCUT2D eigenvalue weighted by molar-refractivity contribution is 6.08. The summed E-state index contributed by atoms with van der Waals surface area (Å²) >= 11 is 0. The number of allylic oxidation sites excluding steroid dienone is 1. The predicted octanol–water partition coefficient (Wildman–Crippen LogP) is 3.79. The molecule has 0 aromatic heterocycles. The van der Waals surface area contributed by atoms with E-state index < -0.39 is 0 Å². The number of aryl methyl sites for hydroxylation is 1. The van der Waals surface area contributed by atoms with Crippen LogP contribution < -0.4 is 11.1 Å². The lowest BCUT2D eigenvalue weighted by Gasteiger charge is -2.32. The second-order valence-electron chi connectivity index (χ2n) is 8.19. The lowest BCUT2D eigenvalue weighted by molar-refractivity contribution is -0.132. The van der Waals surface area contributed by atoms with Crippen molar-refractivity contribution in [1.82, 2.24) is 4.90 Å². The number of rotatable bonds is 9. The molecule has 0 saturated carbocycles. The molecule has 0 radical (unpaired) electrons. The molecule has 0 aliphatic carbocycles. The number of carbonyl (C=O) groups excluding carboxylic acids is 1. The summed E-state index contributed by atoms with van der Waals surface area (Å²) in [6.07, 6.45) is 6.76. The molecule has 1 aliphatic rings. The van der Waals surface area contributed by atoms with Crippen LogP contribution in [0.3, 0.4) is 0 Å². The third-order valence-corrected chi connectivity index (χ3v) is 6.17. The number of nitrogens with one attached hydrogen (secondary N) is 3. The van der Waals surface area contributed by atoms with E-state index in [9.17, 15) is 10.1 Å². The number of amides is 1. The highest BCUT2D eigenvalue weighted by atomic mass is 16.2. The van der Waals surface area contributed by atoms with Gasteiger partial charge in [-0.15, -0.1) is 0 Å². The monoisotopic (exact) mass is 442 g/mol. The molecule has 1 amide bonds. The minimum Gasteiger partial charge on any atom is -0.404 e. The first-order valence-corrected chi connectivity index (χ1v) is 11.2. The molecule has 2 aromatic rings. The molecule has 7 nitrogen and oxygen atoms in total. The SMILES string of the molecule is N#Cc1ccccc1CCC(=O)N1CCC(CNc2ccc(/C(C=N)=C/N)cc2C=N)CC1. The van der Waals surface area contributed by atoms with Crippen LogP contribution in [0, 0.1) is 28.1 Å². The third-order valence-electron chi connectivity index (χ3n) is 6.17. The molecule has 0 spiro atoms. The molecule has 5 N–H and O–H groups in total. The number of anilines is 1. The molecule has 3 rings (SSSR count). The van der Waals surface area contributed by atoms with Gasteiger partial charge < -0.3 is 26.8 Å². The van der Waals surface area contributed by atoms with E-state index in [0.717, 1.165) is 54.9 Å². The molecule has 7 heteroatoms. The molecule has 1 aliphatic heterocycles. The topological polar surface area (TPSA) is 130 Å². The van der Waals surface area contributed by atoms with Gasteiger partial charge in [0.25, 0.3) is 0 Å². The van der Waals surface area contributed by atoms with Gasteiger partial charge in [0, 0.05) is 61.5 Å². The van der Waals surface area contributed by atoms with Crippen molar-refractivity contribution in [3.05, 3.63) is 70.9 Å². The molecule has 1 saturated heterocycles. The zero-order valence-electron chi connectivity index (χ0n) is 18.7. The van der Waals surface area contributed by atoms with Crippen LogP contribution in [-0.4, -0.2) is 42.9 Å². The van der Waals surface area contributed by atoms with E-state index in [1.54, 1.807) is 6.07 Å². The van der Waals surface area contributed by atoms with Crippen LogP contribution in [0.1, 0.15) is 41.5 Å². The van der Waals surface area contributed by atoms with Crippen molar-refractivity contribution < 1.29 is 4.79 Å². The summed E-state index contributed by atoms with van der Waals surface area (Å²) in [6, 6.07) is 15.3. The zero-order chi connectivity index (χ0) is 23.6. The van der Waals surface area contributed by atoms with E-state index in [2.05, 4.69) is 11.4 Å². The van der Waals surface area contributed by atoms with Gasteiger partial charge in [0.05, 0.1) is 11.6 Å². The van der Waals surface area contributed by atoms with Crippen molar-refractivity contribution >= 4 is 29.6 Å². The Balaban J connectivity index is 1.48. The Morgan fingerprint density at radius 1 is 1.21 bits per heavy atom. The summed E-state index contributed by atoms with van der Waals surface area (Å²) in [5.41, 5.74) is 10.2. The maximum Gasteiger partial charge on any atom is 0.222 e. The Labute approximate surface area is 194 Å². The van der Waals surface area contributed by atoms with Crippen molar-refractivity contribution in [2.24, 2.45) is 11.7 Å². The molecule has 170 valence electrons. The van der Waals surface area contributed by atoms with Crippen LogP contribution >= 0.6 is 0 Å². The Hall–Kier alpha value is -3.92. The first-order chi connectivity index (χ1) is 16.1. The second-order valence-corrected chi connectivity index (χ2v) is 8.19. The highest BCUT2D eigenvalue weighted by Crippen LogP contribution is 2.23. The molecule has 1 fully saturated rings. The maximum atomic E-state index is 12.7. The largest absolute Gasteiger partial charge is 0.404 e. The molecule has 1 heterocycles. The summed E-state index contributed by atoms with van der Waals surface area (Å²) in [4.78, 5) is 14.6. The summed E-state index contributed by atoms with van der Waals surface area (Å²) in [7, 11) is 0. The van der Waals surface area contributed by atoms with Gasteiger partial charge in [0.15, 0.2) is 0 Å². The Bertz CT molecular complexity index is 1080. The predicted molar refractivity (Wildman–Crippen MR) is 133 cm³/mol. The Morgan fingerprint density at radius 3 is 2.64 bits per heavy atom. The summed E-state index contributed by atoms with van der Waals surface area (Å²) in [6.45, 7) is 2.26. The number of hydrogen-bond acceptors (Lipinski definition) is 6. The van der Waals surface area contributed by atoms with Crippen LogP contribution in [0.25, 0.3) is 5.57 Å². The number of hydrogen-bond donors (Lipinski definition) is 4. The summed E-state index contributed by atoms with van der Waals surface area (Å²) in [5.74, 6) is 0.596. The van der Waals surface area contributed by atoms with E-state index >= 15 is 0 Å². The van der Waals surface area contributed by atoms with Gasteiger partial charge in [-0.2, -0.15) is 5.26 Å². The van der Waals surface area contributed by atoms with Crippen LogP contribution in [-0.2, 0) is 11.2 Å². The van der Waals surface area contributed by atoms with Gasteiger partial charge in [-0.1, -0.05) is 24.3 Å². The zero-order valence-corrected chi connectivity index (χ0v) is 18.7. The van der Waals surface area contributed by atoms with E-state index in [1.165, 1.54) is 18.6 Å². The van der Waals surface area contributed by atoms with Crippen molar-refractivity contribution in [2.75, 3.05) is 25.0 Å².